The second-order valence-electron chi connectivity index (χ2n) is 1.99. The number of benzene rings is 1. The zero-order valence-corrected chi connectivity index (χ0v) is 6.38. The first kappa shape index (κ1) is 8.73. The number of phenolic OH excluding ortho intramolecular Hbond substituents is 1. The summed E-state index contributed by atoms with van der Waals surface area (Å²) < 4.78 is 12.5. The fourth-order valence-electron chi connectivity index (χ4n) is 0.671. The second kappa shape index (κ2) is 2.94. The van der Waals surface area contributed by atoms with Crippen molar-refractivity contribution >= 4 is 17.3 Å². The quantitative estimate of drug-likeness (QED) is 0.546. The summed E-state index contributed by atoms with van der Waals surface area (Å²) in [6, 6.07) is 1.66. The molecule has 0 unspecified atom stereocenters. The van der Waals surface area contributed by atoms with Crippen molar-refractivity contribution < 1.29 is 14.4 Å². The molecule has 0 aromatic heterocycles. The first-order chi connectivity index (χ1) is 5.54. The molecular formula is C6H3ClFNO3. The molecule has 0 spiro atoms. The van der Waals surface area contributed by atoms with E-state index in [1.54, 1.807) is 0 Å². The number of hydrogen-bond donors (Lipinski definition) is 1. The van der Waals surface area contributed by atoms with E-state index in [0.717, 1.165) is 12.1 Å². The molecule has 0 amide bonds. The highest BCUT2D eigenvalue weighted by molar-refractivity contribution is 6.34. The molecule has 0 aliphatic rings. The molecule has 1 aromatic carbocycles. The van der Waals surface area contributed by atoms with Gasteiger partial charge >= 0.3 is 0 Å². The second-order valence-corrected chi connectivity index (χ2v) is 2.36. The van der Waals surface area contributed by atoms with Crippen molar-refractivity contribution in [3.05, 3.63) is 33.1 Å². The molecule has 0 aliphatic carbocycles. The largest absolute Gasteiger partial charge is 0.504 e. The van der Waals surface area contributed by atoms with Crippen LogP contribution in [0.4, 0.5) is 10.1 Å². The highest BCUT2D eigenvalue weighted by atomic mass is 35.5. The van der Waals surface area contributed by atoms with E-state index < -0.39 is 27.2 Å². The highest BCUT2D eigenvalue weighted by Crippen LogP contribution is 2.34. The van der Waals surface area contributed by atoms with Crippen LogP contribution in [0.25, 0.3) is 0 Å². The highest BCUT2D eigenvalue weighted by Gasteiger charge is 2.18. The van der Waals surface area contributed by atoms with Crippen molar-refractivity contribution in [1.82, 2.24) is 0 Å². The molecular weight excluding hydrogens is 189 g/mol. The van der Waals surface area contributed by atoms with E-state index in [4.69, 9.17) is 16.7 Å². The van der Waals surface area contributed by atoms with Crippen LogP contribution in [0.1, 0.15) is 0 Å². The van der Waals surface area contributed by atoms with Gasteiger partial charge in [0.1, 0.15) is 0 Å². The van der Waals surface area contributed by atoms with Gasteiger partial charge in [-0.15, -0.1) is 0 Å². The smallest absolute Gasteiger partial charge is 0.291 e. The Morgan fingerprint density at radius 2 is 2.17 bits per heavy atom. The Balaban J connectivity index is 3.36. The van der Waals surface area contributed by atoms with Crippen LogP contribution in [0.5, 0.6) is 5.75 Å². The van der Waals surface area contributed by atoms with Gasteiger partial charge in [0.25, 0.3) is 5.69 Å². The fourth-order valence-corrected chi connectivity index (χ4v) is 0.894. The summed E-state index contributed by atoms with van der Waals surface area (Å²) in [7, 11) is 0. The molecule has 0 saturated carbocycles. The third-order valence-corrected chi connectivity index (χ3v) is 1.62. The lowest BCUT2D eigenvalue weighted by molar-refractivity contribution is -0.384. The lowest BCUT2D eigenvalue weighted by atomic mass is 10.3. The third kappa shape index (κ3) is 1.31. The summed E-state index contributed by atoms with van der Waals surface area (Å²) in [5.74, 6) is -1.88. The maximum Gasteiger partial charge on any atom is 0.291 e. The lowest BCUT2D eigenvalue weighted by Gasteiger charge is -1.98. The molecule has 6 heteroatoms. The molecule has 64 valence electrons. The Kier molecular flexibility index (Phi) is 2.14. The number of hydrogen-bond acceptors (Lipinski definition) is 3. The molecule has 12 heavy (non-hydrogen) atoms. The Labute approximate surface area is 71.3 Å². The number of halogens is 2. The van der Waals surface area contributed by atoms with E-state index in [2.05, 4.69) is 0 Å². The molecule has 0 fully saturated rings. The zero-order valence-electron chi connectivity index (χ0n) is 5.62. The molecule has 4 nitrogen and oxygen atoms in total. The third-order valence-electron chi connectivity index (χ3n) is 1.24. The van der Waals surface area contributed by atoms with Crippen molar-refractivity contribution in [2.75, 3.05) is 0 Å². The molecule has 1 aromatic rings. The normalized spacial score (nSPS) is 9.83. The predicted molar refractivity (Wildman–Crippen MR) is 39.7 cm³/mol. The van der Waals surface area contributed by atoms with Crippen LogP contribution in [-0.2, 0) is 0 Å². The zero-order chi connectivity index (χ0) is 9.30. The molecule has 0 bridgehead atoms. The van der Waals surface area contributed by atoms with Crippen molar-refractivity contribution in [2.45, 2.75) is 0 Å². The van der Waals surface area contributed by atoms with Crippen LogP contribution in [0, 0.1) is 15.9 Å². The van der Waals surface area contributed by atoms with Crippen LogP contribution >= 0.6 is 11.6 Å². The molecule has 1 rings (SSSR count). The van der Waals surface area contributed by atoms with Crippen LogP contribution < -0.4 is 0 Å². The minimum atomic E-state index is -0.981. The average Bonchev–Trinajstić information content (AvgIpc) is 2.00. The van der Waals surface area contributed by atoms with Gasteiger partial charge in [-0.25, -0.2) is 4.39 Å². The summed E-state index contributed by atoms with van der Waals surface area (Å²) in [4.78, 5) is 9.37. The summed E-state index contributed by atoms with van der Waals surface area (Å²) in [6.45, 7) is 0. The Hall–Kier alpha value is -1.36. The first-order valence-electron chi connectivity index (χ1n) is 2.85. The lowest BCUT2D eigenvalue weighted by Crippen LogP contribution is -1.90. The maximum absolute atomic E-state index is 12.5. The van der Waals surface area contributed by atoms with Gasteiger partial charge in [-0.05, 0) is 6.07 Å². The van der Waals surface area contributed by atoms with E-state index in [9.17, 15) is 14.5 Å². The average molecular weight is 192 g/mol. The molecule has 0 radical (unpaired) electrons. The van der Waals surface area contributed by atoms with Crippen LogP contribution in [0.15, 0.2) is 12.1 Å². The van der Waals surface area contributed by atoms with Gasteiger partial charge in [-0.2, -0.15) is 0 Å². The summed E-state index contributed by atoms with van der Waals surface area (Å²) in [5, 5.41) is 18.4. The van der Waals surface area contributed by atoms with Gasteiger partial charge in [0, 0.05) is 6.07 Å². The van der Waals surface area contributed by atoms with Crippen LogP contribution in [-0.4, -0.2) is 10.0 Å². The van der Waals surface area contributed by atoms with Gasteiger partial charge < -0.3 is 5.11 Å². The Morgan fingerprint density at radius 1 is 1.58 bits per heavy atom. The fraction of sp³-hybridized carbons (Fsp3) is 0. The van der Waals surface area contributed by atoms with Gasteiger partial charge in [0.15, 0.2) is 16.6 Å². The minimum absolute atomic E-state index is 0.518. The maximum atomic E-state index is 12.5. The number of nitro groups is 1. The number of aromatic hydroxyl groups is 1. The van der Waals surface area contributed by atoms with E-state index >= 15 is 0 Å². The summed E-state index contributed by atoms with van der Waals surface area (Å²) in [5.41, 5.74) is -0.518. The van der Waals surface area contributed by atoms with Crippen molar-refractivity contribution in [3.63, 3.8) is 0 Å². The molecule has 0 atom stereocenters. The van der Waals surface area contributed by atoms with Crippen LogP contribution in [0.3, 0.4) is 0 Å². The Bertz CT molecular complexity index is 342. The van der Waals surface area contributed by atoms with E-state index in [-0.39, 0.29) is 0 Å². The molecule has 0 heterocycles. The minimum Gasteiger partial charge on any atom is -0.504 e. The summed E-state index contributed by atoms with van der Waals surface area (Å²) >= 11 is 5.26. The Morgan fingerprint density at radius 3 is 2.67 bits per heavy atom. The van der Waals surface area contributed by atoms with E-state index in [1.165, 1.54) is 0 Å². The predicted octanol–water partition coefficient (Wildman–Crippen LogP) is 2.09. The number of phenols is 1. The summed E-state index contributed by atoms with van der Waals surface area (Å²) in [6.07, 6.45) is 0. The van der Waals surface area contributed by atoms with Gasteiger partial charge in [-0.3, -0.25) is 10.1 Å². The number of rotatable bonds is 1. The van der Waals surface area contributed by atoms with Gasteiger partial charge in [0.05, 0.1) is 4.92 Å². The topological polar surface area (TPSA) is 63.4 Å². The van der Waals surface area contributed by atoms with Crippen molar-refractivity contribution in [2.24, 2.45) is 0 Å². The first-order valence-corrected chi connectivity index (χ1v) is 3.23. The SMILES string of the molecule is O=[N+]([O-])c1ccc(F)c(O)c1Cl. The standard InChI is InChI=1S/C6H3ClFNO3/c7-5-4(9(11)12)2-1-3(8)6(5)10/h1-2,10H. The molecule has 1 N–H and O–H groups in total. The van der Waals surface area contributed by atoms with Gasteiger partial charge in [0.2, 0.25) is 0 Å². The number of nitrogens with zero attached hydrogens (tertiary/aromatic N) is 1. The monoisotopic (exact) mass is 191 g/mol. The molecule has 0 aliphatic heterocycles. The van der Waals surface area contributed by atoms with Crippen molar-refractivity contribution in [3.8, 4) is 5.75 Å². The van der Waals surface area contributed by atoms with Gasteiger partial charge in [-0.1, -0.05) is 11.6 Å². The number of nitro benzene ring substituents is 1. The van der Waals surface area contributed by atoms with E-state index in [0.29, 0.717) is 0 Å². The van der Waals surface area contributed by atoms with E-state index in [1.807, 2.05) is 0 Å². The van der Waals surface area contributed by atoms with Crippen molar-refractivity contribution in [1.29, 1.82) is 0 Å². The molecule has 0 saturated heterocycles. The van der Waals surface area contributed by atoms with Crippen LogP contribution in [0.2, 0.25) is 5.02 Å².